The highest BCUT2D eigenvalue weighted by Gasteiger charge is 1.88. The second-order valence-corrected chi connectivity index (χ2v) is 2.67. The van der Waals surface area contributed by atoms with Gasteiger partial charge in [0.15, 0.2) is 0 Å². The van der Waals surface area contributed by atoms with E-state index in [0.717, 1.165) is 0 Å². The average Bonchev–Trinajstić information content (AvgIpc) is 2.19. The molecule has 0 aromatic heterocycles. The number of esters is 2. The molecule has 0 unspecified atom stereocenters. The minimum atomic E-state index is -0.262. The maximum atomic E-state index is 10.0. The second kappa shape index (κ2) is 20.1. The Kier molecular flexibility index (Phi) is 24.8. The van der Waals surface area contributed by atoms with Gasteiger partial charge in [0.25, 0.3) is 0 Å². The topological polar surface area (TPSA) is 61.8 Å². The third kappa shape index (κ3) is 53.1. The number of hydrogen-bond acceptors (Lipinski definition) is 5. The SMILES string of the molecule is C=CC.CCOC(C)=O.COCCOC(C)=O. The van der Waals surface area contributed by atoms with Crippen LogP contribution < -0.4 is 0 Å². The van der Waals surface area contributed by atoms with Gasteiger partial charge in [-0.1, -0.05) is 6.08 Å². The highest BCUT2D eigenvalue weighted by Crippen LogP contribution is 1.74. The summed E-state index contributed by atoms with van der Waals surface area (Å²) < 4.78 is 13.5. The summed E-state index contributed by atoms with van der Waals surface area (Å²) in [6.07, 6.45) is 1.75. The van der Waals surface area contributed by atoms with E-state index in [1.165, 1.54) is 13.8 Å². The van der Waals surface area contributed by atoms with Gasteiger partial charge < -0.3 is 14.2 Å². The summed E-state index contributed by atoms with van der Waals surface area (Å²) in [5, 5.41) is 0. The average molecular weight is 248 g/mol. The standard InChI is InChI=1S/C5H10O3.C4H8O2.C3H6/c1-5(6)8-4-3-7-2;1-3-6-4(2)5;1-3-2/h3-4H2,1-2H3;3H2,1-2H3;3H,1H2,2H3. The zero-order valence-electron chi connectivity index (χ0n) is 11.4. The molecule has 5 nitrogen and oxygen atoms in total. The number of allylic oxidation sites excluding steroid dienone is 1. The molecule has 0 spiro atoms. The van der Waals surface area contributed by atoms with Gasteiger partial charge in [0.2, 0.25) is 0 Å². The predicted octanol–water partition coefficient (Wildman–Crippen LogP) is 1.96. The lowest BCUT2D eigenvalue weighted by Gasteiger charge is -1.97. The Morgan fingerprint density at radius 3 is 1.71 bits per heavy atom. The summed E-state index contributed by atoms with van der Waals surface area (Å²) in [6, 6.07) is 0. The summed E-state index contributed by atoms with van der Waals surface area (Å²) in [5.74, 6) is -0.473. The van der Waals surface area contributed by atoms with Crippen molar-refractivity contribution in [2.24, 2.45) is 0 Å². The number of methoxy groups -OCH3 is 1. The zero-order chi connectivity index (χ0) is 14.1. The largest absolute Gasteiger partial charge is 0.466 e. The fraction of sp³-hybridized carbons (Fsp3) is 0.667. The van der Waals surface area contributed by atoms with E-state index in [2.05, 4.69) is 20.8 Å². The van der Waals surface area contributed by atoms with Gasteiger partial charge in [-0.25, -0.2) is 0 Å². The van der Waals surface area contributed by atoms with Crippen molar-refractivity contribution in [2.75, 3.05) is 26.9 Å². The van der Waals surface area contributed by atoms with Crippen molar-refractivity contribution in [1.82, 2.24) is 0 Å². The molecule has 0 atom stereocenters. The zero-order valence-corrected chi connectivity index (χ0v) is 11.4. The van der Waals surface area contributed by atoms with Crippen molar-refractivity contribution >= 4 is 11.9 Å². The molecule has 0 radical (unpaired) electrons. The van der Waals surface area contributed by atoms with E-state index in [-0.39, 0.29) is 11.9 Å². The van der Waals surface area contributed by atoms with Crippen LogP contribution in [0.5, 0.6) is 0 Å². The van der Waals surface area contributed by atoms with Crippen LogP contribution in [-0.4, -0.2) is 38.9 Å². The van der Waals surface area contributed by atoms with Crippen LogP contribution >= 0.6 is 0 Å². The number of rotatable bonds is 4. The third-order valence-corrected chi connectivity index (χ3v) is 0.940. The fourth-order valence-corrected chi connectivity index (χ4v) is 0.472. The van der Waals surface area contributed by atoms with E-state index in [1.807, 2.05) is 6.92 Å². The molecule has 0 heterocycles. The molecule has 0 aliphatic rings. The van der Waals surface area contributed by atoms with Crippen LogP contribution in [0.4, 0.5) is 0 Å². The fourth-order valence-electron chi connectivity index (χ4n) is 0.472. The Bertz CT molecular complexity index is 189. The van der Waals surface area contributed by atoms with Crippen LogP contribution in [-0.2, 0) is 23.8 Å². The molecule has 0 amide bonds. The molecule has 0 aliphatic heterocycles. The summed E-state index contributed by atoms with van der Waals surface area (Å²) >= 11 is 0. The monoisotopic (exact) mass is 248 g/mol. The Morgan fingerprint density at radius 1 is 1.12 bits per heavy atom. The molecule has 0 aliphatic carbocycles. The van der Waals surface area contributed by atoms with Crippen LogP contribution in [0.2, 0.25) is 0 Å². The molecule has 0 N–H and O–H groups in total. The van der Waals surface area contributed by atoms with Gasteiger partial charge >= 0.3 is 11.9 Å². The van der Waals surface area contributed by atoms with Gasteiger partial charge in [-0.2, -0.15) is 0 Å². The molecular weight excluding hydrogens is 224 g/mol. The van der Waals surface area contributed by atoms with E-state index >= 15 is 0 Å². The number of ether oxygens (including phenoxy) is 3. The molecule has 0 bridgehead atoms. The Balaban J connectivity index is -0.000000193. The van der Waals surface area contributed by atoms with Crippen molar-refractivity contribution in [2.45, 2.75) is 27.7 Å². The van der Waals surface area contributed by atoms with E-state index in [4.69, 9.17) is 0 Å². The molecule has 0 fully saturated rings. The highest BCUT2D eigenvalue weighted by atomic mass is 16.6. The lowest BCUT2D eigenvalue weighted by Crippen LogP contribution is -2.05. The van der Waals surface area contributed by atoms with Gasteiger partial charge in [0.05, 0.1) is 13.2 Å². The Hall–Kier alpha value is -1.36. The quantitative estimate of drug-likeness (QED) is 0.432. The van der Waals surface area contributed by atoms with Gasteiger partial charge in [0.1, 0.15) is 6.61 Å². The first-order valence-corrected chi connectivity index (χ1v) is 5.28. The normalized spacial score (nSPS) is 7.59. The van der Waals surface area contributed by atoms with E-state index in [1.54, 1.807) is 20.1 Å². The maximum absolute atomic E-state index is 10.0. The first-order valence-electron chi connectivity index (χ1n) is 5.28. The van der Waals surface area contributed by atoms with Gasteiger partial charge in [-0.05, 0) is 13.8 Å². The Morgan fingerprint density at radius 2 is 1.53 bits per heavy atom. The van der Waals surface area contributed by atoms with Crippen molar-refractivity contribution < 1.29 is 23.8 Å². The van der Waals surface area contributed by atoms with Crippen LogP contribution in [0.15, 0.2) is 12.7 Å². The van der Waals surface area contributed by atoms with Crippen LogP contribution in [0.1, 0.15) is 27.7 Å². The summed E-state index contributed by atoms with van der Waals surface area (Å²) in [4.78, 5) is 19.9. The summed E-state index contributed by atoms with van der Waals surface area (Å²) in [5.41, 5.74) is 0. The molecule has 0 aromatic rings. The molecule has 0 saturated heterocycles. The predicted molar refractivity (Wildman–Crippen MR) is 66.7 cm³/mol. The van der Waals surface area contributed by atoms with Crippen molar-refractivity contribution in [3.63, 3.8) is 0 Å². The summed E-state index contributed by atoms with van der Waals surface area (Å²) in [6.45, 7) is 11.1. The molecule has 17 heavy (non-hydrogen) atoms. The molecular formula is C12H24O5. The smallest absolute Gasteiger partial charge is 0.302 e. The minimum absolute atomic E-state index is 0.211. The number of carbonyl (C=O) groups excluding carboxylic acids is 2. The van der Waals surface area contributed by atoms with Crippen molar-refractivity contribution in [1.29, 1.82) is 0 Å². The van der Waals surface area contributed by atoms with E-state index in [9.17, 15) is 9.59 Å². The minimum Gasteiger partial charge on any atom is -0.466 e. The molecule has 5 heteroatoms. The van der Waals surface area contributed by atoms with Crippen molar-refractivity contribution in [3.8, 4) is 0 Å². The number of carbonyl (C=O) groups is 2. The van der Waals surface area contributed by atoms with Gasteiger partial charge in [0, 0.05) is 21.0 Å². The van der Waals surface area contributed by atoms with Crippen LogP contribution in [0.3, 0.4) is 0 Å². The van der Waals surface area contributed by atoms with Gasteiger partial charge in [-0.15, -0.1) is 6.58 Å². The molecule has 0 saturated carbocycles. The molecule has 102 valence electrons. The summed E-state index contributed by atoms with van der Waals surface area (Å²) in [7, 11) is 1.56. The number of hydrogen-bond donors (Lipinski definition) is 0. The highest BCUT2D eigenvalue weighted by molar-refractivity contribution is 5.66. The Labute approximate surface area is 104 Å². The second-order valence-electron chi connectivity index (χ2n) is 2.67. The van der Waals surface area contributed by atoms with Crippen LogP contribution in [0.25, 0.3) is 0 Å². The lowest BCUT2D eigenvalue weighted by molar-refractivity contribution is -0.142. The van der Waals surface area contributed by atoms with E-state index in [0.29, 0.717) is 19.8 Å². The lowest BCUT2D eigenvalue weighted by atomic mass is 10.7. The first kappa shape index (κ1) is 21.0. The first-order chi connectivity index (χ1) is 7.95. The molecule has 0 rings (SSSR count). The molecule has 0 aromatic carbocycles. The maximum Gasteiger partial charge on any atom is 0.302 e. The van der Waals surface area contributed by atoms with Crippen molar-refractivity contribution in [3.05, 3.63) is 12.7 Å². The third-order valence-electron chi connectivity index (χ3n) is 0.940. The van der Waals surface area contributed by atoms with E-state index < -0.39 is 0 Å². The van der Waals surface area contributed by atoms with Gasteiger partial charge in [-0.3, -0.25) is 9.59 Å². The van der Waals surface area contributed by atoms with Crippen LogP contribution in [0, 0.1) is 0 Å².